The lowest BCUT2D eigenvalue weighted by Crippen LogP contribution is -2.52. The highest BCUT2D eigenvalue weighted by Gasteiger charge is 2.29. The number of hydrogen-bond donors (Lipinski definition) is 3. The van der Waals surface area contributed by atoms with Crippen molar-refractivity contribution in [2.45, 2.75) is 31.1 Å². The number of rotatable bonds is 3. The maximum atomic E-state index is 12.5. The summed E-state index contributed by atoms with van der Waals surface area (Å²) in [7, 11) is 0. The normalized spacial score (nSPS) is 22.9. The van der Waals surface area contributed by atoms with Gasteiger partial charge in [0.2, 0.25) is 0 Å². The van der Waals surface area contributed by atoms with E-state index in [-0.39, 0.29) is 17.0 Å². The number of anilines is 1. The van der Waals surface area contributed by atoms with Crippen molar-refractivity contribution >= 4 is 27.4 Å². The fourth-order valence-electron chi connectivity index (χ4n) is 2.54. The molecular formula is C13H16F3N5S. The van der Waals surface area contributed by atoms with Crippen LogP contribution in [0, 0.1) is 0 Å². The van der Waals surface area contributed by atoms with Gasteiger partial charge in [-0.1, -0.05) is 0 Å². The average Bonchev–Trinajstić information content (AvgIpc) is 2.82. The Kier molecular flexibility index (Phi) is 4.20. The Bertz CT molecular complexity index is 657. The zero-order valence-electron chi connectivity index (χ0n) is 11.7. The standard InChI is InChI=1S/C13H16F3N5S/c14-13(15,16)4-7-3-8-11(19-6-20-12(8)22-7)21-10-1-2-18-5-9(10)17/h3,6,9-10,18H,1-2,4-5,17H2,(H,19,20,21)/t9-,10-/m0/s1. The van der Waals surface area contributed by atoms with Crippen molar-refractivity contribution in [3.05, 3.63) is 17.3 Å². The van der Waals surface area contributed by atoms with Crippen molar-refractivity contribution in [1.82, 2.24) is 15.3 Å². The van der Waals surface area contributed by atoms with Crippen molar-refractivity contribution in [3.8, 4) is 0 Å². The van der Waals surface area contributed by atoms with Crippen LogP contribution in [0.5, 0.6) is 0 Å². The van der Waals surface area contributed by atoms with E-state index in [1.807, 2.05) is 0 Å². The molecule has 0 bridgehead atoms. The molecule has 0 aliphatic carbocycles. The van der Waals surface area contributed by atoms with Gasteiger partial charge in [-0.25, -0.2) is 9.97 Å². The molecule has 4 N–H and O–H groups in total. The van der Waals surface area contributed by atoms with Crippen molar-refractivity contribution in [2.24, 2.45) is 5.73 Å². The summed E-state index contributed by atoms with van der Waals surface area (Å²) < 4.78 is 37.6. The number of nitrogens with zero attached hydrogens (tertiary/aromatic N) is 2. The Balaban J connectivity index is 1.86. The summed E-state index contributed by atoms with van der Waals surface area (Å²) in [5.41, 5.74) is 6.04. The third kappa shape index (κ3) is 3.47. The second kappa shape index (κ2) is 5.98. The lowest BCUT2D eigenvalue weighted by molar-refractivity contribution is -0.126. The number of hydrogen-bond acceptors (Lipinski definition) is 6. The van der Waals surface area contributed by atoms with Crippen LogP contribution in [0.2, 0.25) is 0 Å². The van der Waals surface area contributed by atoms with E-state index >= 15 is 0 Å². The van der Waals surface area contributed by atoms with Gasteiger partial charge in [-0.15, -0.1) is 11.3 Å². The Hall–Kier alpha value is -1.45. The number of alkyl halides is 3. The number of aromatic nitrogens is 2. The monoisotopic (exact) mass is 331 g/mol. The SMILES string of the molecule is N[C@H]1CNCC[C@@H]1Nc1ncnc2sc(CC(F)(F)F)cc12. The van der Waals surface area contributed by atoms with Crippen LogP contribution in [0.15, 0.2) is 12.4 Å². The molecule has 3 heterocycles. The van der Waals surface area contributed by atoms with Gasteiger partial charge in [0.15, 0.2) is 0 Å². The molecule has 3 rings (SSSR count). The van der Waals surface area contributed by atoms with Gasteiger partial charge in [-0.2, -0.15) is 13.2 Å². The summed E-state index contributed by atoms with van der Waals surface area (Å²) in [6, 6.07) is 1.50. The number of nitrogens with two attached hydrogens (primary N) is 1. The fraction of sp³-hybridized carbons (Fsp3) is 0.538. The Labute approximate surface area is 129 Å². The highest BCUT2D eigenvalue weighted by Crippen LogP contribution is 2.32. The van der Waals surface area contributed by atoms with Gasteiger partial charge in [-0.3, -0.25) is 0 Å². The number of halogens is 3. The first-order valence-corrected chi connectivity index (χ1v) is 7.77. The molecule has 0 saturated carbocycles. The third-order valence-electron chi connectivity index (χ3n) is 3.61. The largest absolute Gasteiger partial charge is 0.393 e. The number of fused-ring (bicyclic) bond motifs is 1. The molecule has 2 aromatic rings. The van der Waals surface area contributed by atoms with Crippen LogP contribution in [0.3, 0.4) is 0 Å². The fourth-order valence-corrected chi connectivity index (χ4v) is 3.57. The predicted octanol–water partition coefficient (Wildman–Crippen LogP) is 1.90. The zero-order valence-corrected chi connectivity index (χ0v) is 12.5. The first kappa shape index (κ1) is 15.4. The van der Waals surface area contributed by atoms with Crippen molar-refractivity contribution in [1.29, 1.82) is 0 Å². The summed E-state index contributed by atoms with van der Waals surface area (Å²) in [6.07, 6.45) is -2.96. The molecule has 9 heteroatoms. The minimum Gasteiger partial charge on any atom is -0.365 e. The smallest absolute Gasteiger partial charge is 0.365 e. The van der Waals surface area contributed by atoms with Gasteiger partial charge >= 0.3 is 6.18 Å². The summed E-state index contributed by atoms with van der Waals surface area (Å²) in [4.78, 5) is 9.03. The molecule has 0 aromatic carbocycles. The Morgan fingerprint density at radius 1 is 1.41 bits per heavy atom. The molecule has 2 aromatic heterocycles. The highest BCUT2D eigenvalue weighted by molar-refractivity contribution is 7.18. The lowest BCUT2D eigenvalue weighted by Gasteiger charge is -2.30. The van der Waals surface area contributed by atoms with E-state index in [1.54, 1.807) is 0 Å². The molecule has 1 fully saturated rings. The van der Waals surface area contributed by atoms with Gasteiger partial charge < -0.3 is 16.4 Å². The third-order valence-corrected chi connectivity index (χ3v) is 4.65. The van der Waals surface area contributed by atoms with Crippen LogP contribution in [-0.2, 0) is 6.42 Å². The van der Waals surface area contributed by atoms with Crippen LogP contribution < -0.4 is 16.4 Å². The Morgan fingerprint density at radius 3 is 2.95 bits per heavy atom. The second-order valence-corrected chi connectivity index (χ2v) is 6.47. The number of thiophene rings is 1. The number of piperidine rings is 1. The predicted molar refractivity (Wildman–Crippen MR) is 80.0 cm³/mol. The van der Waals surface area contributed by atoms with Gasteiger partial charge in [0, 0.05) is 23.5 Å². The van der Waals surface area contributed by atoms with Crippen LogP contribution in [0.25, 0.3) is 10.2 Å². The average molecular weight is 331 g/mol. The van der Waals surface area contributed by atoms with E-state index in [1.165, 1.54) is 12.4 Å². The van der Waals surface area contributed by atoms with Crippen LogP contribution in [0.1, 0.15) is 11.3 Å². The molecular weight excluding hydrogens is 315 g/mol. The van der Waals surface area contributed by atoms with E-state index in [0.717, 1.165) is 24.3 Å². The zero-order chi connectivity index (χ0) is 15.7. The molecule has 0 amide bonds. The van der Waals surface area contributed by atoms with Crippen LogP contribution in [-0.4, -0.2) is 41.3 Å². The van der Waals surface area contributed by atoms with Crippen LogP contribution >= 0.6 is 11.3 Å². The quantitative estimate of drug-likeness (QED) is 0.801. The van der Waals surface area contributed by atoms with E-state index in [4.69, 9.17) is 5.73 Å². The number of nitrogens with one attached hydrogen (secondary N) is 2. The molecule has 22 heavy (non-hydrogen) atoms. The van der Waals surface area contributed by atoms with Crippen molar-refractivity contribution in [3.63, 3.8) is 0 Å². The molecule has 120 valence electrons. The molecule has 1 aliphatic heterocycles. The van der Waals surface area contributed by atoms with E-state index < -0.39 is 12.6 Å². The molecule has 0 spiro atoms. The molecule has 2 atom stereocenters. The molecule has 1 saturated heterocycles. The van der Waals surface area contributed by atoms with Gasteiger partial charge in [0.1, 0.15) is 17.0 Å². The van der Waals surface area contributed by atoms with Gasteiger partial charge in [0.05, 0.1) is 11.8 Å². The first-order chi connectivity index (χ1) is 10.4. The van der Waals surface area contributed by atoms with Crippen LogP contribution in [0.4, 0.5) is 19.0 Å². The maximum absolute atomic E-state index is 12.5. The highest BCUT2D eigenvalue weighted by atomic mass is 32.1. The lowest BCUT2D eigenvalue weighted by atomic mass is 10.0. The van der Waals surface area contributed by atoms with Crippen molar-refractivity contribution < 1.29 is 13.2 Å². The van der Waals surface area contributed by atoms with Crippen molar-refractivity contribution in [2.75, 3.05) is 18.4 Å². The van der Waals surface area contributed by atoms with Gasteiger partial charge in [-0.05, 0) is 19.0 Å². The first-order valence-electron chi connectivity index (χ1n) is 6.95. The van der Waals surface area contributed by atoms with E-state index in [9.17, 15) is 13.2 Å². The summed E-state index contributed by atoms with van der Waals surface area (Å²) in [6.45, 7) is 1.55. The minimum absolute atomic E-state index is 0.0466. The summed E-state index contributed by atoms with van der Waals surface area (Å²) in [5.74, 6) is 0.553. The summed E-state index contributed by atoms with van der Waals surface area (Å²) in [5, 5.41) is 7.08. The van der Waals surface area contributed by atoms with E-state index in [0.29, 0.717) is 22.6 Å². The maximum Gasteiger partial charge on any atom is 0.393 e. The minimum atomic E-state index is -4.22. The molecule has 0 unspecified atom stereocenters. The van der Waals surface area contributed by atoms with Gasteiger partial charge in [0.25, 0.3) is 0 Å². The topological polar surface area (TPSA) is 75.9 Å². The molecule has 5 nitrogen and oxygen atoms in total. The summed E-state index contributed by atoms with van der Waals surface area (Å²) >= 11 is 1.05. The Morgan fingerprint density at radius 2 is 2.23 bits per heavy atom. The molecule has 1 aliphatic rings. The molecule has 0 radical (unpaired) electrons. The second-order valence-electron chi connectivity index (χ2n) is 5.35. The van der Waals surface area contributed by atoms with E-state index in [2.05, 4.69) is 20.6 Å².